The Kier molecular flexibility index (Phi) is 4.81. The molecule has 1 amide bonds. The molecule has 0 aliphatic carbocycles. The molecule has 0 aromatic carbocycles. The number of likely N-dealkylation sites (tertiary alicyclic amines) is 1. The topological polar surface area (TPSA) is 81.7 Å². The molecule has 3 rings (SSSR count). The number of piperidine rings is 1. The van der Waals surface area contributed by atoms with Gasteiger partial charge in [0.05, 0.1) is 11.8 Å². The molecule has 6 heteroatoms. The number of amides is 1. The minimum atomic E-state index is -0.718. The minimum absolute atomic E-state index is 0.0487. The van der Waals surface area contributed by atoms with E-state index < -0.39 is 11.1 Å². The van der Waals surface area contributed by atoms with Crippen LogP contribution in [0.4, 0.5) is 0 Å². The van der Waals surface area contributed by atoms with E-state index in [0.29, 0.717) is 38.8 Å². The zero-order valence-electron chi connectivity index (χ0n) is 14.2. The van der Waals surface area contributed by atoms with Gasteiger partial charge in [0.2, 0.25) is 5.91 Å². The number of aromatic nitrogens is 1. The maximum absolute atomic E-state index is 12.7. The fourth-order valence-electron chi connectivity index (χ4n) is 3.41. The summed E-state index contributed by atoms with van der Waals surface area (Å²) < 4.78 is 0. The molecule has 0 radical (unpaired) electrons. The van der Waals surface area contributed by atoms with Crippen molar-refractivity contribution in [1.29, 1.82) is 5.26 Å². The van der Waals surface area contributed by atoms with Crippen LogP contribution in [-0.4, -0.2) is 34.5 Å². The first-order valence-electron chi connectivity index (χ1n) is 8.61. The standard InChI is InChI=1S/C19H21N5O/c1-2-3-10-19(22-23-19)11-8-17(25)24-13-6-9-18(14-20,15-24)16-7-4-5-12-21-16/h1,4-5,7,12H,3,6,8-11,13,15H2. The van der Waals surface area contributed by atoms with Crippen LogP contribution in [0.15, 0.2) is 34.6 Å². The van der Waals surface area contributed by atoms with Crippen LogP contribution in [0, 0.1) is 23.7 Å². The number of hydrogen-bond acceptors (Lipinski definition) is 5. The Morgan fingerprint density at radius 2 is 2.20 bits per heavy atom. The normalized spacial score (nSPS) is 23.5. The molecule has 0 saturated carbocycles. The second-order valence-electron chi connectivity index (χ2n) is 6.71. The van der Waals surface area contributed by atoms with Crippen LogP contribution in [-0.2, 0) is 10.2 Å². The summed E-state index contributed by atoms with van der Waals surface area (Å²) in [6.07, 6.45) is 10.8. The Morgan fingerprint density at radius 1 is 1.36 bits per heavy atom. The smallest absolute Gasteiger partial charge is 0.222 e. The molecule has 2 aliphatic heterocycles. The van der Waals surface area contributed by atoms with Gasteiger partial charge in [-0.2, -0.15) is 15.5 Å². The lowest BCUT2D eigenvalue weighted by atomic mass is 9.78. The van der Waals surface area contributed by atoms with E-state index in [2.05, 4.69) is 27.2 Å². The van der Waals surface area contributed by atoms with E-state index in [9.17, 15) is 10.1 Å². The molecule has 3 heterocycles. The third-order valence-corrected chi connectivity index (χ3v) is 5.01. The first-order valence-corrected chi connectivity index (χ1v) is 8.61. The van der Waals surface area contributed by atoms with Crippen molar-refractivity contribution >= 4 is 5.91 Å². The highest BCUT2D eigenvalue weighted by molar-refractivity contribution is 5.76. The Balaban J connectivity index is 1.62. The summed E-state index contributed by atoms with van der Waals surface area (Å²) in [6, 6.07) is 8.00. The summed E-state index contributed by atoms with van der Waals surface area (Å²) in [4.78, 5) is 18.8. The van der Waals surface area contributed by atoms with Crippen molar-refractivity contribution in [3.63, 3.8) is 0 Å². The molecule has 1 aromatic heterocycles. The zero-order valence-corrected chi connectivity index (χ0v) is 14.2. The van der Waals surface area contributed by atoms with Crippen molar-refractivity contribution in [3.8, 4) is 18.4 Å². The summed E-state index contributed by atoms with van der Waals surface area (Å²) in [7, 11) is 0. The minimum Gasteiger partial charge on any atom is -0.341 e. The molecule has 0 spiro atoms. The van der Waals surface area contributed by atoms with Crippen LogP contribution in [0.25, 0.3) is 0 Å². The number of nitrogens with zero attached hydrogens (tertiary/aromatic N) is 5. The zero-order chi connectivity index (χ0) is 17.8. The molecule has 0 N–H and O–H groups in total. The number of nitriles is 1. The average molecular weight is 335 g/mol. The van der Waals surface area contributed by atoms with Crippen molar-refractivity contribution in [2.24, 2.45) is 10.2 Å². The van der Waals surface area contributed by atoms with Gasteiger partial charge in [-0.1, -0.05) is 6.07 Å². The summed E-state index contributed by atoms with van der Waals surface area (Å²) >= 11 is 0. The third-order valence-electron chi connectivity index (χ3n) is 5.01. The summed E-state index contributed by atoms with van der Waals surface area (Å²) in [5.74, 6) is 2.64. The highest BCUT2D eigenvalue weighted by Gasteiger charge is 2.42. The van der Waals surface area contributed by atoms with Gasteiger partial charge in [0.1, 0.15) is 5.41 Å². The molecule has 6 nitrogen and oxygen atoms in total. The average Bonchev–Trinajstić information content (AvgIpc) is 3.45. The van der Waals surface area contributed by atoms with E-state index in [0.717, 1.165) is 18.5 Å². The fourth-order valence-corrected chi connectivity index (χ4v) is 3.41. The van der Waals surface area contributed by atoms with E-state index in [-0.39, 0.29) is 5.91 Å². The first kappa shape index (κ1) is 17.1. The van der Waals surface area contributed by atoms with E-state index in [4.69, 9.17) is 6.42 Å². The number of carbonyl (C=O) groups is 1. The Bertz CT molecular complexity index is 739. The van der Waals surface area contributed by atoms with Gasteiger partial charge in [-0.3, -0.25) is 9.78 Å². The molecule has 2 aliphatic rings. The van der Waals surface area contributed by atoms with Gasteiger partial charge in [0.25, 0.3) is 0 Å². The lowest BCUT2D eigenvalue weighted by Crippen LogP contribution is -2.48. The molecule has 1 aromatic rings. The quantitative estimate of drug-likeness (QED) is 0.750. The van der Waals surface area contributed by atoms with Gasteiger partial charge in [0.15, 0.2) is 5.66 Å². The molecule has 25 heavy (non-hydrogen) atoms. The number of terminal acetylenes is 1. The van der Waals surface area contributed by atoms with Crippen molar-refractivity contribution in [2.45, 2.75) is 49.6 Å². The van der Waals surface area contributed by atoms with Gasteiger partial charge in [-0.15, -0.1) is 12.3 Å². The second-order valence-corrected chi connectivity index (χ2v) is 6.71. The van der Waals surface area contributed by atoms with Crippen molar-refractivity contribution in [2.75, 3.05) is 13.1 Å². The molecular weight excluding hydrogens is 314 g/mol. The predicted molar refractivity (Wildman–Crippen MR) is 92.2 cm³/mol. The third kappa shape index (κ3) is 3.69. The second kappa shape index (κ2) is 7.03. The Labute approximate surface area is 148 Å². The van der Waals surface area contributed by atoms with Crippen LogP contribution < -0.4 is 0 Å². The largest absolute Gasteiger partial charge is 0.341 e. The number of hydrogen-bond donors (Lipinski definition) is 0. The van der Waals surface area contributed by atoms with Crippen LogP contribution in [0.2, 0.25) is 0 Å². The van der Waals surface area contributed by atoms with E-state index >= 15 is 0 Å². The van der Waals surface area contributed by atoms with Crippen molar-refractivity contribution in [1.82, 2.24) is 9.88 Å². The maximum Gasteiger partial charge on any atom is 0.222 e. The highest BCUT2D eigenvalue weighted by Crippen LogP contribution is 2.38. The van der Waals surface area contributed by atoms with Crippen LogP contribution in [0.5, 0.6) is 0 Å². The van der Waals surface area contributed by atoms with Gasteiger partial charge in [-0.05, 0) is 25.0 Å². The Morgan fingerprint density at radius 3 is 2.84 bits per heavy atom. The molecule has 128 valence electrons. The van der Waals surface area contributed by atoms with Gasteiger partial charge >= 0.3 is 0 Å². The van der Waals surface area contributed by atoms with Gasteiger partial charge in [0, 0.05) is 45.0 Å². The van der Waals surface area contributed by atoms with Gasteiger partial charge < -0.3 is 4.90 Å². The van der Waals surface area contributed by atoms with Crippen LogP contribution in [0.1, 0.15) is 44.2 Å². The number of pyridine rings is 1. The number of carbonyl (C=O) groups excluding carboxylic acids is 1. The monoisotopic (exact) mass is 335 g/mol. The molecule has 1 atom stereocenters. The van der Waals surface area contributed by atoms with E-state index in [1.54, 1.807) is 11.1 Å². The van der Waals surface area contributed by atoms with Crippen molar-refractivity contribution in [3.05, 3.63) is 30.1 Å². The van der Waals surface area contributed by atoms with E-state index in [1.165, 1.54) is 0 Å². The van der Waals surface area contributed by atoms with Crippen LogP contribution in [0.3, 0.4) is 0 Å². The first-order chi connectivity index (χ1) is 12.1. The number of rotatable bonds is 6. The summed E-state index contributed by atoms with van der Waals surface area (Å²) in [5.41, 5.74) is -0.414. The lowest BCUT2D eigenvalue weighted by Gasteiger charge is -2.38. The molecule has 1 saturated heterocycles. The van der Waals surface area contributed by atoms with Crippen LogP contribution >= 0.6 is 0 Å². The summed E-state index contributed by atoms with van der Waals surface area (Å²) in [5, 5.41) is 17.9. The molecule has 0 bridgehead atoms. The highest BCUT2D eigenvalue weighted by atomic mass is 16.2. The summed E-state index contributed by atoms with van der Waals surface area (Å²) in [6.45, 7) is 1.08. The molecular formula is C19H21N5O. The SMILES string of the molecule is C#CCCC1(CCC(=O)N2CCCC(C#N)(c3ccccn3)C2)N=N1. The molecule has 1 fully saturated rings. The lowest BCUT2D eigenvalue weighted by molar-refractivity contribution is -0.133. The van der Waals surface area contributed by atoms with Gasteiger partial charge in [-0.25, -0.2) is 0 Å². The maximum atomic E-state index is 12.7. The fraction of sp³-hybridized carbons (Fsp3) is 0.526. The Hall–Kier alpha value is -2.73. The van der Waals surface area contributed by atoms with E-state index in [1.807, 2.05) is 18.2 Å². The van der Waals surface area contributed by atoms with Crippen molar-refractivity contribution < 1.29 is 4.79 Å². The molecule has 1 unspecified atom stereocenters. The predicted octanol–water partition coefficient (Wildman–Crippen LogP) is 2.82.